The van der Waals surface area contributed by atoms with Gasteiger partial charge in [0.1, 0.15) is 12.6 Å². The van der Waals surface area contributed by atoms with Crippen molar-refractivity contribution >= 4 is 23.7 Å². The second kappa shape index (κ2) is 9.16. The van der Waals surface area contributed by atoms with Gasteiger partial charge < -0.3 is 20.5 Å². The Balaban J connectivity index is 1.35. The van der Waals surface area contributed by atoms with Gasteiger partial charge in [-0.2, -0.15) is 0 Å². The number of carbonyl (C=O) groups is 3. The van der Waals surface area contributed by atoms with E-state index in [1.807, 2.05) is 36.4 Å². The lowest BCUT2D eigenvalue weighted by atomic mass is 9.98. The Morgan fingerprint density at radius 3 is 2.15 bits per heavy atom. The molecule has 0 unspecified atom stereocenters. The molecule has 1 atom stereocenters. The van der Waals surface area contributed by atoms with Crippen LogP contribution in [-0.2, 0) is 9.53 Å². The van der Waals surface area contributed by atoms with Crippen LogP contribution < -0.4 is 10.6 Å². The molecular formula is C26H24N2O5. The van der Waals surface area contributed by atoms with Crippen molar-refractivity contribution in [2.45, 2.75) is 25.8 Å². The van der Waals surface area contributed by atoms with Crippen LogP contribution in [0.15, 0.2) is 66.7 Å². The molecule has 7 heteroatoms. The molecule has 0 spiro atoms. The van der Waals surface area contributed by atoms with Gasteiger partial charge in [-0.1, -0.05) is 48.5 Å². The molecular weight excluding hydrogens is 420 g/mol. The molecule has 3 N–H and O–H groups in total. The van der Waals surface area contributed by atoms with Crippen LogP contribution in [0.25, 0.3) is 11.1 Å². The number of benzene rings is 3. The maximum Gasteiger partial charge on any atom is 0.407 e. The highest BCUT2D eigenvalue weighted by Gasteiger charge is 2.29. The van der Waals surface area contributed by atoms with Crippen LogP contribution in [0.1, 0.15) is 39.9 Å². The zero-order chi connectivity index (χ0) is 23.5. The number of fused-ring (bicyclic) bond motifs is 3. The molecule has 0 aliphatic heterocycles. The second-order valence-corrected chi connectivity index (χ2v) is 8.02. The molecule has 0 fully saturated rings. The van der Waals surface area contributed by atoms with Crippen molar-refractivity contribution in [3.63, 3.8) is 0 Å². The zero-order valence-electron chi connectivity index (χ0n) is 18.3. The minimum atomic E-state index is -1.03. The predicted octanol–water partition coefficient (Wildman–Crippen LogP) is 4.56. The summed E-state index contributed by atoms with van der Waals surface area (Å²) in [5, 5.41) is 14.3. The number of aryl methyl sites for hydroxylation is 1. The van der Waals surface area contributed by atoms with E-state index in [0.29, 0.717) is 11.3 Å². The SMILES string of the molecule is Cc1cc(NC(=O)[C@@H](C)NC(=O)OCC2c3ccccc3-c3ccccc32)ccc1C(=O)O. The Kier molecular flexibility index (Phi) is 6.13. The van der Waals surface area contributed by atoms with Crippen molar-refractivity contribution in [3.8, 4) is 11.1 Å². The van der Waals surface area contributed by atoms with Gasteiger partial charge in [0.25, 0.3) is 0 Å². The molecule has 1 aliphatic carbocycles. The van der Waals surface area contributed by atoms with Gasteiger partial charge >= 0.3 is 12.1 Å². The van der Waals surface area contributed by atoms with Gasteiger partial charge in [-0.3, -0.25) is 4.79 Å². The molecule has 0 saturated heterocycles. The number of aromatic carboxylic acids is 1. The van der Waals surface area contributed by atoms with Crippen LogP contribution in [0.3, 0.4) is 0 Å². The lowest BCUT2D eigenvalue weighted by Crippen LogP contribution is -2.42. The number of nitrogens with one attached hydrogen (secondary N) is 2. The molecule has 0 aromatic heterocycles. The number of rotatable bonds is 6. The van der Waals surface area contributed by atoms with E-state index in [1.165, 1.54) is 12.1 Å². The molecule has 0 radical (unpaired) electrons. The molecule has 3 aromatic rings. The molecule has 33 heavy (non-hydrogen) atoms. The highest BCUT2D eigenvalue weighted by Crippen LogP contribution is 2.44. The quantitative estimate of drug-likeness (QED) is 0.517. The average molecular weight is 444 g/mol. The third-order valence-electron chi connectivity index (χ3n) is 5.80. The first-order valence-electron chi connectivity index (χ1n) is 10.6. The standard InChI is InChI=1S/C26H24N2O5/c1-15-13-17(11-12-18(15)25(30)31)28-24(29)16(2)27-26(32)33-14-23-21-9-5-3-7-19(21)20-8-4-6-10-22(20)23/h3-13,16,23H,14H2,1-2H3,(H,27,32)(H,28,29)(H,30,31)/t16-/m1/s1. The van der Waals surface area contributed by atoms with Crippen molar-refractivity contribution in [2.24, 2.45) is 0 Å². The Bertz CT molecular complexity index is 1190. The number of ether oxygens (including phenoxy) is 1. The number of carboxylic acid groups (broad SMARTS) is 1. The minimum Gasteiger partial charge on any atom is -0.478 e. The maximum atomic E-state index is 12.5. The Labute approximate surface area is 191 Å². The van der Waals surface area contributed by atoms with Gasteiger partial charge in [0.2, 0.25) is 5.91 Å². The largest absolute Gasteiger partial charge is 0.478 e. The average Bonchev–Trinajstić information content (AvgIpc) is 3.11. The number of hydrogen-bond acceptors (Lipinski definition) is 4. The zero-order valence-corrected chi connectivity index (χ0v) is 18.3. The lowest BCUT2D eigenvalue weighted by molar-refractivity contribution is -0.117. The third kappa shape index (κ3) is 4.57. The molecule has 4 rings (SSSR count). The number of alkyl carbamates (subject to hydrolysis) is 1. The first kappa shape index (κ1) is 22.1. The van der Waals surface area contributed by atoms with Gasteiger partial charge in [0.05, 0.1) is 5.56 Å². The van der Waals surface area contributed by atoms with E-state index >= 15 is 0 Å². The topological polar surface area (TPSA) is 105 Å². The highest BCUT2D eigenvalue weighted by atomic mass is 16.5. The summed E-state index contributed by atoms with van der Waals surface area (Å²) in [6.07, 6.45) is -0.683. The van der Waals surface area contributed by atoms with Crippen LogP contribution in [0.2, 0.25) is 0 Å². The van der Waals surface area contributed by atoms with E-state index in [4.69, 9.17) is 9.84 Å². The maximum absolute atomic E-state index is 12.5. The first-order valence-corrected chi connectivity index (χ1v) is 10.6. The third-order valence-corrected chi connectivity index (χ3v) is 5.80. The molecule has 2 amide bonds. The first-order chi connectivity index (χ1) is 15.8. The van der Waals surface area contributed by atoms with Gasteiger partial charge in [0, 0.05) is 11.6 Å². The van der Waals surface area contributed by atoms with E-state index in [1.54, 1.807) is 19.9 Å². The molecule has 0 saturated carbocycles. The predicted molar refractivity (Wildman–Crippen MR) is 124 cm³/mol. The van der Waals surface area contributed by atoms with Gasteiger partial charge in [-0.15, -0.1) is 0 Å². The van der Waals surface area contributed by atoms with Crippen molar-refractivity contribution in [1.29, 1.82) is 0 Å². The Morgan fingerprint density at radius 2 is 1.58 bits per heavy atom. The summed E-state index contributed by atoms with van der Waals surface area (Å²) in [4.78, 5) is 36.0. The van der Waals surface area contributed by atoms with E-state index in [0.717, 1.165) is 22.3 Å². The summed E-state index contributed by atoms with van der Waals surface area (Å²) in [6.45, 7) is 3.36. The summed E-state index contributed by atoms with van der Waals surface area (Å²) in [6, 6.07) is 19.8. The smallest absolute Gasteiger partial charge is 0.407 e. The molecule has 1 aliphatic rings. The molecule has 0 bridgehead atoms. The van der Waals surface area contributed by atoms with Crippen LogP contribution >= 0.6 is 0 Å². The van der Waals surface area contributed by atoms with Crippen LogP contribution in [0.5, 0.6) is 0 Å². The van der Waals surface area contributed by atoms with Crippen molar-refractivity contribution in [2.75, 3.05) is 11.9 Å². The molecule has 3 aromatic carbocycles. The fraction of sp³-hybridized carbons (Fsp3) is 0.192. The number of carboxylic acids is 1. The summed E-state index contributed by atoms with van der Waals surface area (Å²) < 4.78 is 5.48. The van der Waals surface area contributed by atoms with Crippen molar-refractivity contribution in [3.05, 3.63) is 89.0 Å². The summed E-state index contributed by atoms with van der Waals surface area (Å²) in [7, 11) is 0. The van der Waals surface area contributed by atoms with Gasteiger partial charge in [0.15, 0.2) is 0 Å². The molecule has 168 valence electrons. The Morgan fingerprint density at radius 1 is 0.970 bits per heavy atom. The summed E-state index contributed by atoms with van der Waals surface area (Å²) in [5.74, 6) is -1.54. The monoisotopic (exact) mass is 444 g/mol. The molecule has 0 heterocycles. The van der Waals surface area contributed by atoms with E-state index in [9.17, 15) is 14.4 Å². The van der Waals surface area contributed by atoms with Crippen LogP contribution in [0.4, 0.5) is 10.5 Å². The van der Waals surface area contributed by atoms with E-state index < -0.39 is 24.0 Å². The highest BCUT2D eigenvalue weighted by molar-refractivity contribution is 5.97. The van der Waals surface area contributed by atoms with Crippen LogP contribution in [0, 0.1) is 6.92 Å². The summed E-state index contributed by atoms with van der Waals surface area (Å²) >= 11 is 0. The number of hydrogen-bond donors (Lipinski definition) is 3. The van der Waals surface area contributed by atoms with E-state index in [2.05, 4.69) is 22.8 Å². The number of amides is 2. The number of carbonyl (C=O) groups excluding carboxylic acids is 2. The van der Waals surface area contributed by atoms with Crippen molar-refractivity contribution in [1.82, 2.24) is 5.32 Å². The normalized spacial score (nSPS) is 12.9. The van der Waals surface area contributed by atoms with Gasteiger partial charge in [-0.05, 0) is 59.9 Å². The summed E-state index contributed by atoms with van der Waals surface area (Å²) in [5.41, 5.74) is 5.63. The Hall–Kier alpha value is -4.13. The minimum absolute atomic E-state index is 0.0667. The van der Waals surface area contributed by atoms with Gasteiger partial charge in [-0.25, -0.2) is 9.59 Å². The van der Waals surface area contributed by atoms with Crippen LogP contribution in [-0.4, -0.2) is 35.7 Å². The molecule has 7 nitrogen and oxygen atoms in total. The number of anilines is 1. The lowest BCUT2D eigenvalue weighted by Gasteiger charge is -2.17. The second-order valence-electron chi connectivity index (χ2n) is 8.02. The fourth-order valence-corrected chi connectivity index (χ4v) is 4.11. The van der Waals surface area contributed by atoms with E-state index in [-0.39, 0.29) is 18.1 Å². The fourth-order valence-electron chi connectivity index (χ4n) is 4.11. The van der Waals surface area contributed by atoms with Crippen molar-refractivity contribution < 1.29 is 24.2 Å².